The minimum Gasteiger partial charge on any atom is -0.478 e. The fourth-order valence-electron chi connectivity index (χ4n) is 1.62. The Morgan fingerprint density at radius 1 is 1.42 bits per heavy atom. The van der Waals surface area contributed by atoms with E-state index in [0.717, 1.165) is 18.2 Å². The number of benzene rings is 1. The number of aliphatic hydroxyl groups is 3. The average Bonchev–Trinajstić information content (AvgIpc) is 2.34. The Hall–Kier alpha value is -1.60. The third-order valence-corrected chi connectivity index (χ3v) is 2.63. The quantitative estimate of drug-likeness (QED) is 0.638. The number of carboxylic acid groups (broad SMARTS) is 1. The summed E-state index contributed by atoms with van der Waals surface area (Å²) < 4.78 is 41.8. The molecule has 0 aliphatic rings. The molecular weight excluding hydrogens is 265 g/mol. The Bertz CT molecular complexity index is 457. The number of aliphatic hydroxyl groups excluding tert-OH is 1. The fraction of sp³-hybridized carbons (Fsp3) is 0.417. The number of rotatable bonds is 5. The van der Waals surface area contributed by atoms with E-state index in [2.05, 4.69) is 4.74 Å². The fourth-order valence-corrected chi connectivity index (χ4v) is 1.62. The molecule has 4 nitrogen and oxygen atoms in total. The summed E-state index contributed by atoms with van der Waals surface area (Å²) in [5.41, 5.74) is -1.26. The molecule has 1 unspecified atom stereocenters. The summed E-state index contributed by atoms with van der Waals surface area (Å²) in [6, 6.07) is 2.64. The van der Waals surface area contributed by atoms with E-state index in [4.69, 9.17) is 5.11 Å². The van der Waals surface area contributed by atoms with Crippen molar-refractivity contribution in [1.82, 2.24) is 0 Å². The maximum Gasteiger partial charge on any atom is 0.416 e. The standard InChI is InChI=1S/C12H13F3O4/c1-19-10(16)5-3-7-6-8(11(17)18)2-4-9(7)12(13,14)15/h2,4,6,10,16H,3,5H2,1H3,(H,17,18)/p+1. The van der Waals surface area contributed by atoms with Crippen LogP contribution in [0.2, 0.25) is 0 Å². The zero-order valence-corrected chi connectivity index (χ0v) is 10.1. The van der Waals surface area contributed by atoms with Crippen LogP contribution in [0, 0.1) is 0 Å². The topological polar surface area (TPSA) is 70.3 Å². The van der Waals surface area contributed by atoms with Crippen LogP contribution in [-0.4, -0.2) is 34.3 Å². The van der Waals surface area contributed by atoms with Crippen molar-refractivity contribution in [2.24, 2.45) is 0 Å². The van der Waals surface area contributed by atoms with Gasteiger partial charge in [0.1, 0.15) is 7.11 Å². The predicted octanol–water partition coefficient (Wildman–Crippen LogP) is 1.81. The Balaban J connectivity index is 3.08. The smallest absolute Gasteiger partial charge is 0.416 e. The Labute approximate surface area is 107 Å². The first kappa shape index (κ1) is 15.5. The van der Waals surface area contributed by atoms with Crippen molar-refractivity contribution < 1.29 is 32.9 Å². The maximum absolute atomic E-state index is 12.8. The molecule has 1 rings (SSSR count). The molecule has 0 fully saturated rings. The van der Waals surface area contributed by atoms with Crippen molar-refractivity contribution >= 4 is 5.97 Å². The minimum atomic E-state index is -4.55. The van der Waals surface area contributed by atoms with Gasteiger partial charge in [-0.15, -0.1) is 0 Å². The first-order chi connectivity index (χ1) is 8.75. The predicted molar refractivity (Wildman–Crippen MR) is 60.9 cm³/mol. The second-order valence-corrected chi connectivity index (χ2v) is 3.95. The maximum atomic E-state index is 12.8. The molecule has 3 N–H and O–H groups in total. The van der Waals surface area contributed by atoms with E-state index in [1.54, 1.807) is 0 Å². The first-order valence-electron chi connectivity index (χ1n) is 5.46. The first-order valence-corrected chi connectivity index (χ1v) is 5.46. The molecule has 0 amide bonds. The molecule has 0 bridgehead atoms. The summed E-state index contributed by atoms with van der Waals surface area (Å²) >= 11 is 0. The van der Waals surface area contributed by atoms with Crippen LogP contribution in [0.15, 0.2) is 18.2 Å². The van der Waals surface area contributed by atoms with Crippen molar-refractivity contribution in [2.45, 2.75) is 25.3 Å². The van der Waals surface area contributed by atoms with Gasteiger partial charge in [0.25, 0.3) is 6.29 Å². The van der Waals surface area contributed by atoms with Gasteiger partial charge in [-0.1, -0.05) is 0 Å². The molecule has 1 aromatic rings. The molecule has 0 aliphatic carbocycles. The number of hydrogen-bond donors (Lipinski definition) is 2. The summed E-state index contributed by atoms with van der Waals surface area (Å²) in [5, 5.41) is 18.0. The lowest BCUT2D eigenvalue weighted by Crippen LogP contribution is -2.16. The van der Waals surface area contributed by atoms with Gasteiger partial charge in [0.05, 0.1) is 17.5 Å². The highest BCUT2D eigenvalue weighted by Crippen LogP contribution is 2.33. The number of hydrogen-bond acceptors (Lipinski definition) is 2. The number of aromatic carboxylic acids is 1. The normalized spacial score (nSPS) is 13.3. The SMILES string of the molecule is C[OH+]C(O)CCc1cc(C(=O)O)ccc1C(F)(F)F. The van der Waals surface area contributed by atoms with Crippen LogP contribution in [0.4, 0.5) is 13.2 Å². The van der Waals surface area contributed by atoms with Gasteiger partial charge in [0.2, 0.25) is 0 Å². The summed E-state index contributed by atoms with van der Waals surface area (Å²) in [6.07, 6.45) is -5.72. The summed E-state index contributed by atoms with van der Waals surface area (Å²) in [4.78, 5) is 10.8. The van der Waals surface area contributed by atoms with Gasteiger partial charge in [-0.25, -0.2) is 4.79 Å². The second kappa shape index (κ2) is 6.03. The van der Waals surface area contributed by atoms with E-state index in [0.29, 0.717) is 0 Å². The third kappa shape index (κ3) is 4.22. The van der Waals surface area contributed by atoms with Crippen molar-refractivity contribution in [1.29, 1.82) is 0 Å². The summed E-state index contributed by atoms with van der Waals surface area (Å²) in [5.74, 6) is -1.30. The molecule has 7 heteroatoms. The molecule has 0 heterocycles. The molecule has 0 aromatic heterocycles. The van der Waals surface area contributed by atoms with Crippen LogP contribution in [0.1, 0.15) is 27.9 Å². The Morgan fingerprint density at radius 3 is 2.53 bits per heavy atom. The van der Waals surface area contributed by atoms with Crippen molar-refractivity contribution in [3.63, 3.8) is 0 Å². The van der Waals surface area contributed by atoms with E-state index < -0.39 is 24.0 Å². The van der Waals surface area contributed by atoms with Gasteiger partial charge in [-0.05, 0) is 30.2 Å². The molecule has 0 spiro atoms. The average molecular weight is 279 g/mol. The number of carboxylic acids is 1. The highest BCUT2D eigenvalue weighted by atomic mass is 19.4. The van der Waals surface area contributed by atoms with Crippen molar-refractivity contribution in [3.8, 4) is 0 Å². The van der Waals surface area contributed by atoms with E-state index in [1.807, 2.05) is 0 Å². The van der Waals surface area contributed by atoms with Crippen LogP contribution in [-0.2, 0) is 12.6 Å². The monoisotopic (exact) mass is 279 g/mol. The zero-order chi connectivity index (χ0) is 14.6. The summed E-state index contributed by atoms with van der Waals surface area (Å²) in [6.45, 7) is 0. The number of carbonyl (C=O) groups is 1. The summed E-state index contributed by atoms with van der Waals surface area (Å²) in [7, 11) is 1.35. The zero-order valence-electron chi connectivity index (χ0n) is 10.1. The lowest BCUT2D eigenvalue weighted by Gasteiger charge is -2.14. The lowest BCUT2D eigenvalue weighted by atomic mass is 9.99. The number of ether oxygens (including phenoxy) is 1. The van der Waals surface area contributed by atoms with E-state index in [1.165, 1.54) is 7.11 Å². The minimum absolute atomic E-state index is 0.00263. The largest absolute Gasteiger partial charge is 0.478 e. The van der Waals surface area contributed by atoms with E-state index in [-0.39, 0.29) is 24.0 Å². The molecule has 106 valence electrons. The van der Waals surface area contributed by atoms with Crippen LogP contribution in [0.3, 0.4) is 0 Å². The van der Waals surface area contributed by atoms with E-state index in [9.17, 15) is 23.1 Å². The molecule has 0 saturated carbocycles. The Morgan fingerprint density at radius 2 is 2.05 bits per heavy atom. The van der Waals surface area contributed by atoms with Gasteiger partial charge in [0, 0.05) is 0 Å². The lowest BCUT2D eigenvalue weighted by molar-refractivity contribution is -0.187. The Kier molecular flexibility index (Phi) is 4.90. The van der Waals surface area contributed by atoms with Crippen molar-refractivity contribution in [3.05, 3.63) is 34.9 Å². The van der Waals surface area contributed by atoms with Crippen LogP contribution in [0.25, 0.3) is 0 Å². The van der Waals surface area contributed by atoms with Gasteiger partial charge in [-0.2, -0.15) is 13.2 Å². The number of aryl methyl sites for hydroxylation is 1. The molecule has 0 radical (unpaired) electrons. The molecule has 1 atom stereocenters. The highest BCUT2D eigenvalue weighted by Gasteiger charge is 2.33. The molecule has 0 aliphatic heterocycles. The van der Waals surface area contributed by atoms with Crippen LogP contribution >= 0.6 is 0 Å². The highest BCUT2D eigenvalue weighted by molar-refractivity contribution is 5.87. The third-order valence-electron chi connectivity index (χ3n) is 2.63. The van der Waals surface area contributed by atoms with Gasteiger partial charge >= 0.3 is 12.1 Å². The number of halogens is 3. The van der Waals surface area contributed by atoms with E-state index >= 15 is 0 Å². The van der Waals surface area contributed by atoms with Gasteiger partial charge < -0.3 is 14.9 Å². The molecular formula is C12H14F3O4+. The van der Waals surface area contributed by atoms with Gasteiger partial charge in [-0.3, -0.25) is 0 Å². The van der Waals surface area contributed by atoms with Crippen molar-refractivity contribution in [2.75, 3.05) is 7.11 Å². The van der Waals surface area contributed by atoms with Crippen LogP contribution in [0.5, 0.6) is 0 Å². The molecule has 1 aromatic carbocycles. The second-order valence-electron chi connectivity index (χ2n) is 3.95. The van der Waals surface area contributed by atoms with Crippen LogP contribution < -0.4 is 0 Å². The number of alkyl halides is 3. The molecule has 0 saturated heterocycles. The van der Waals surface area contributed by atoms with Gasteiger partial charge in [0.15, 0.2) is 0 Å². The molecule has 19 heavy (non-hydrogen) atoms.